The maximum Gasteiger partial charge on any atom is 0.270 e. The number of rotatable bonds is 2. The number of hydrogen-bond donors (Lipinski definition) is 1. The average Bonchev–Trinajstić information content (AvgIpc) is 3.05. The number of benzene rings is 1. The lowest BCUT2D eigenvalue weighted by atomic mass is 9.48. The summed E-state index contributed by atoms with van der Waals surface area (Å²) in [5.41, 5.74) is 5.23. The first-order valence-corrected chi connectivity index (χ1v) is 10.2. The zero-order chi connectivity index (χ0) is 20.4. The van der Waals surface area contributed by atoms with Crippen molar-refractivity contribution in [3.05, 3.63) is 89.8 Å². The highest BCUT2D eigenvalue weighted by Crippen LogP contribution is 2.64. The number of carbonyl (C=O) groups excluding carboxylic acids is 3. The smallest absolute Gasteiger partial charge is 0.270 e. The highest BCUT2D eigenvalue weighted by molar-refractivity contribution is 6.09. The summed E-state index contributed by atoms with van der Waals surface area (Å²) in [6.45, 7) is 0. The molecule has 2 aromatic rings. The van der Waals surface area contributed by atoms with E-state index in [0.29, 0.717) is 5.56 Å². The summed E-state index contributed by atoms with van der Waals surface area (Å²) in [5.74, 6) is -1.77. The first kappa shape index (κ1) is 17.3. The van der Waals surface area contributed by atoms with Crippen LogP contribution in [0.15, 0.2) is 73.1 Å². The summed E-state index contributed by atoms with van der Waals surface area (Å²) in [5, 5.41) is 0.967. The van der Waals surface area contributed by atoms with Crippen LogP contribution in [0.4, 0.5) is 0 Å². The topological polar surface area (TPSA) is 79.4 Å². The number of pyridine rings is 1. The Morgan fingerprint density at radius 3 is 1.87 bits per heavy atom. The zero-order valence-electron chi connectivity index (χ0n) is 16.0. The fourth-order valence-corrected chi connectivity index (χ4v) is 6.01. The van der Waals surface area contributed by atoms with Gasteiger partial charge in [0.2, 0.25) is 0 Å². The van der Waals surface area contributed by atoms with Gasteiger partial charge in [0.1, 0.15) is 0 Å². The number of allylic oxidation sites excluding steroid dienone is 4. The van der Waals surface area contributed by atoms with Gasteiger partial charge in [0.15, 0.2) is 0 Å². The molecule has 1 saturated carbocycles. The van der Waals surface area contributed by atoms with Gasteiger partial charge in [0.25, 0.3) is 17.7 Å². The predicted octanol–water partition coefficient (Wildman–Crippen LogP) is 2.58. The highest BCUT2D eigenvalue weighted by Gasteiger charge is 2.65. The minimum Gasteiger partial charge on any atom is -0.272 e. The quantitative estimate of drug-likeness (QED) is 0.790. The Kier molecular flexibility index (Phi) is 3.60. The minimum absolute atomic E-state index is 0.0679. The summed E-state index contributed by atoms with van der Waals surface area (Å²) in [4.78, 5) is 43.4. The first-order valence-electron chi connectivity index (χ1n) is 10.2. The molecule has 1 aromatic carbocycles. The zero-order valence-corrected chi connectivity index (χ0v) is 16.0. The molecule has 4 aliphatic carbocycles. The van der Waals surface area contributed by atoms with E-state index in [9.17, 15) is 14.4 Å². The SMILES string of the molecule is O=C(NN1C(=O)[C@@H]2[C@H](C1=O)[C@@H]1c3ccccc3[C@@H]2[C@@H]2C=CC=C[C@@H]21)c1ccncc1. The molecular weight excluding hydrogens is 378 g/mol. The van der Waals surface area contributed by atoms with E-state index in [1.165, 1.54) is 12.4 Å². The van der Waals surface area contributed by atoms with E-state index in [1.807, 2.05) is 24.3 Å². The maximum atomic E-state index is 13.4. The molecule has 1 N–H and O–H groups in total. The molecule has 30 heavy (non-hydrogen) atoms. The Bertz CT molecular complexity index is 1080. The van der Waals surface area contributed by atoms with E-state index >= 15 is 0 Å². The summed E-state index contributed by atoms with van der Waals surface area (Å²) in [6.07, 6.45) is 11.4. The number of nitrogens with zero attached hydrogens (tertiary/aromatic N) is 2. The molecule has 1 aromatic heterocycles. The molecule has 3 amide bonds. The van der Waals surface area contributed by atoms with Crippen molar-refractivity contribution in [3.8, 4) is 0 Å². The molecule has 0 spiro atoms. The molecule has 6 atom stereocenters. The normalized spacial score (nSPS) is 32.6. The van der Waals surface area contributed by atoms with Crippen molar-refractivity contribution in [2.75, 3.05) is 0 Å². The molecule has 6 nitrogen and oxygen atoms in total. The van der Waals surface area contributed by atoms with Gasteiger partial charge in [-0.1, -0.05) is 48.6 Å². The third-order valence-corrected chi connectivity index (χ3v) is 7.09. The molecule has 1 aliphatic heterocycles. The van der Waals surface area contributed by atoms with E-state index in [2.05, 4.69) is 34.7 Å². The second-order valence-corrected chi connectivity index (χ2v) is 8.35. The van der Waals surface area contributed by atoms with Crippen LogP contribution in [0.3, 0.4) is 0 Å². The van der Waals surface area contributed by atoms with Crippen molar-refractivity contribution >= 4 is 17.7 Å². The number of carbonyl (C=O) groups is 3. The van der Waals surface area contributed by atoms with Crippen molar-refractivity contribution in [1.82, 2.24) is 15.4 Å². The van der Waals surface area contributed by atoms with E-state index in [-0.39, 0.29) is 35.5 Å². The van der Waals surface area contributed by atoms with E-state index in [0.717, 1.165) is 16.1 Å². The van der Waals surface area contributed by atoms with Gasteiger partial charge in [-0.15, -0.1) is 0 Å². The van der Waals surface area contributed by atoms with Crippen LogP contribution in [0.25, 0.3) is 0 Å². The lowest BCUT2D eigenvalue weighted by molar-refractivity contribution is -0.142. The Hall–Kier alpha value is -3.54. The Morgan fingerprint density at radius 1 is 0.800 bits per heavy atom. The molecule has 0 radical (unpaired) electrons. The van der Waals surface area contributed by atoms with Crippen LogP contribution in [0, 0.1) is 23.7 Å². The van der Waals surface area contributed by atoms with Gasteiger partial charge >= 0.3 is 0 Å². The number of amides is 3. The lowest BCUT2D eigenvalue weighted by Crippen LogP contribution is -2.49. The molecule has 6 heteroatoms. The average molecular weight is 397 g/mol. The van der Waals surface area contributed by atoms with Crippen molar-refractivity contribution in [2.45, 2.75) is 11.8 Å². The number of imide groups is 1. The number of aromatic nitrogens is 1. The maximum absolute atomic E-state index is 13.4. The van der Waals surface area contributed by atoms with Crippen LogP contribution in [-0.2, 0) is 9.59 Å². The molecule has 5 aliphatic rings. The third kappa shape index (κ3) is 2.19. The largest absolute Gasteiger partial charge is 0.272 e. The van der Waals surface area contributed by atoms with Crippen LogP contribution < -0.4 is 5.43 Å². The van der Waals surface area contributed by atoms with Crippen molar-refractivity contribution in [3.63, 3.8) is 0 Å². The molecule has 148 valence electrons. The van der Waals surface area contributed by atoms with Crippen LogP contribution in [-0.4, -0.2) is 27.7 Å². The number of hydrazine groups is 1. The molecule has 0 unspecified atom stereocenters. The van der Waals surface area contributed by atoms with Crippen molar-refractivity contribution < 1.29 is 14.4 Å². The van der Waals surface area contributed by atoms with Gasteiger partial charge in [0.05, 0.1) is 11.8 Å². The summed E-state index contributed by atoms with van der Waals surface area (Å²) < 4.78 is 0. The summed E-state index contributed by atoms with van der Waals surface area (Å²) in [6, 6.07) is 11.3. The van der Waals surface area contributed by atoms with Crippen molar-refractivity contribution in [2.24, 2.45) is 23.7 Å². The van der Waals surface area contributed by atoms with Crippen LogP contribution in [0.5, 0.6) is 0 Å². The number of hydrogen-bond acceptors (Lipinski definition) is 4. The van der Waals surface area contributed by atoms with Gasteiger partial charge in [0, 0.05) is 29.8 Å². The third-order valence-electron chi connectivity index (χ3n) is 7.09. The Balaban J connectivity index is 1.41. The van der Waals surface area contributed by atoms with Gasteiger partial charge in [-0.05, 0) is 35.1 Å². The van der Waals surface area contributed by atoms with Gasteiger partial charge in [-0.25, -0.2) is 0 Å². The van der Waals surface area contributed by atoms with E-state index < -0.39 is 17.7 Å². The summed E-state index contributed by atoms with van der Waals surface area (Å²) >= 11 is 0. The van der Waals surface area contributed by atoms with Gasteiger partial charge < -0.3 is 0 Å². The predicted molar refractivity (Wildman–Crippen MR) is 108 cm³/mol. The van der Waals surface area contributed by atoms with Crippen LogP contribution in [0.2, 0.25) is 0 Å². The number of nitrogens with one attached hydrogen (secondary N) is 1. The second kappa shape index (κ2) is 6.23. The first-order chi connectivity index (χ1) is 14.7. The molecular formula is C24H19N3O3. The molecule has 2 bridgehead atoms. The van der Waals surface area contributed by atoms with Gasteiger partial charge in [-0.2, -0.15) is 5.01 Å². The minimum atomic E-state index is -0.486. The van der Waals surface area contributed by atoms with Crippen LogP contribution in [0.1, 0.15) is 33.3 Å². The molecule has 1 saturated heterocycles. The summed E-state index contributed by atoms with van der Waals surface area (Å²) in [7, 11) is 0. The fraction of sp³-hybridized carbons (Fsp3) is 0.250. The van der Waals surface area contributed by atoms with E-state index in [1.54, 1.807) is 12.1 Å². The van der Waals surface area contributed by atoms with Crippen LogP contribution >= 0.6 is 0 Å². The monoisotopic (exact) mass is 397 g/mol. The lowest BCUT2D eigenvalue weighted by Gasteiger charge is -2.53. The Morgan fingerprint density at radius 2 is 1.33 bits per heavy atom. The standard InChI is InChI=1S/C24H19N3O3/c28-22(13-9-11-25-12-10-13)26-27-23(29)20-18-14-5-1-2-6-15(14)19(21(20)24(27)30)17-8-4-3-7-16(17)18/h1-12,14-15,18-21H,(H,26,28)/t14-,15+,18-,19-,20+,21-/m0/s1. The highest BCUT2D eigenvalue weighted by atomic mass is 16.2. The second-order valence-electron chi connectivity index (χ2n) is 8.35. The van der Waals surface area contributed by atoms with Gasteiger partial charge in [-0.3, -0.25) is 24.8 Å². The van der Waals surface area contributed by atoms with E-state index in [4.69, 9.17) is 0 Å². The molecule has 2 heterocycles. The van der Waals surface area contributed by atoms with Crippen molar-refractivity contribution in [1.29, 1.82) is 0 Å². The molecule has 2 fully saturated rings. The Labute approximate surface area is 173 Å². The fourth-order valence-electron chi connectivity index (χ4n) is 6.01. The molecule has 7 rings (SSSR count).